The monoisotopic (exact) mass is 249 g/mol. The highest BCUT2D eigenvalue weighted by molar-refractivity contribution is 5.39. The van der Waals surface area contributed by atoms with Gasteiger partial charge in [0, 0.05) is 25.3 Å². The van der Waals surface area contributed by atoms with Crippen LogP contribution in [0, 0.1) is 5.92 Å². The molecular formula is C15H27N3. The molecule has 0 saturated carbocycles. The lowest BCUT2D eigenvalue weighted by Crippen LogP contribution is -2.28. The Balaban J connectivity index is 2.68. The molecule has 0 aliphatic heterocycles. The Morgan fingerprint density at radius 1 is 1.28 bits per heavy atom. The fourth-order valence-electron chi connectivity index (χ4n) is 2.00. The van der Waals surface area contributed by atoms with Gasteiger partial charge in [-0.25, -0.2) is 4.98 Å². The number of nitrogens with two attached hydrogens (primary N) is 1. The van der Waals surface area contributed by atoms with Crippen LogP contribution in [0.5, 0.6) is 0 Å². The second kappa shape index (κ2) is 7.37. The first-order valence-corrected chi connectivity index (χ1v) is 7.02. The minimum atomic E-state index is 0.246. The molecule has 0 aliphatic rings. The van der Waals surface area contributed by atoms with Gasteiger partial charge in [-0.3, -0.25) is 0 Å². The molecule has 1 unspecified atom stereocenters. The Kier molecular flexibility index (Phi) is 6.13. The van der Waals surface area contributed by atoms with E-state index in [4.69, 9.17) is 5.73 Å². The Labute approximate surface area is 111 Å². The van der Waals surface area contributed by atoms with E-state index in [0.29, 0.717) is 5.92 Å². The lowest BCUT2D eigenvalue weighted by Gasteiger charge is -2.24. The van der Waals surface area contributed by atoms with Gasteiger partial charge in [0.2, 0.25) is 0 Å². The molecule has 1 rings (SSSR count). The number of anilines is 1. The van der Waals surface area contributed by atoms with Gasteiger partial charge in [-0.15, -0.1) is 0 Å². The molecule has 1 aromatic rings. The zero-order valence-corrected chi connectivity index (χ0v) is 12.2. The van der Waals surface area contributed by atoms with E-state index in [9.17, 15) is 0 Å². The van der Waals surface area contributed by atoms with Crippen LogP contribution in [0.15, 0.2) is 18.3 Å². The normalized spacial score (nSPS) is 12.8. The quantitative estimate of drug-likeness (QED) is 0.808. The van der Waals surface area contributed by atoms with Gasteiger partial charge in [0.15, 0.2) is 0 Å². The molecule has 3 nitrogen and oxygen atoms in total. The van der Waals surface area contributed by atoms with Crippen LogP contribution in [-0.4, -0.2) is 24.1 Å². The molecule has 102 valence electrons. The van der Waals surface area contributed by atoms with Crippen LogP contribution in [-0.2, 0) is 6.42 Å². The van der Waals surface area contributed by atoms with Crippen molar-refractivity contribution in [3.63, 3.8) is 0 Å². The third kappa shape index (κ3) is 4.65. The third-order valence-electron chi connectivity index (χ3n) is 3.12. The van der Waals surface area contributed by atoms with Crippen molar-refractivity contribution >= 4 is 5.82 Å². The predicted octanol–water partition coefficient (Wildman–Crippen LogP) is 2.84. The maximum Gasteiger partial charge on any atom is 0.128 e. The SMILES string of the molecule is CCC(N)Cc1ccc(N(CC)CC(C)C)nc1. The highest BCUT2D eigenvalue weighted by Crippen LogP contribution is 2.14. The molecule has 1 atom stereocenters. The second-order valence-electron chi connectivity index (χ2n) is 5.33. The summed E-state index contributed by atoms with van der Waals surface area (Å²) in [6, 6.07) is 4.51. The molecule has 18 heavy (non-hydrogen) atoms. The van der Waals surface area contributed by atoms with E-state index in [-0.39, 0.29) is 6.04 Å². The Morgan fingerprint density at radius 2 is 2.00 bits per heavy atom. The summed E-state index contributed by atoms with van der Waals surface area (Å²) in [6.45, 7) is 10.8. The molecule has 0 radical (unpaired) electrons. The highest BCUT2D eigenvalue weighted by Gasteiger charge is 2.08. The summed E-state index contributed by atoms with van der Waals surface area (Å²) in [7, 11) is 0. The number of rotatable bonds is 7. The molecule has 1 heterocycles. The average Bonchev–Trinajstić information content (AvgIpc) is 2.36. The van der Waals surface area contributed by atoms with E-state index >= 15 is 0 Å². The number of hydrogen-bond acceptors (Lipinski definition) is 3. The molecule has 0 aliphatic carbocycles. The molecule has 3 heteroatoms. The summed E-state index contributed by atoms with van der Waals surface area (Å²) < 4.78 is 0. The van der Waals surface area contributed by atoms with Crippen molar-refractivity contribution in [2.24, 2.45) is 11.7 Å². The van der Waals surface area contributed by atoms with E-state index in [2.05, 4.69) is 49.7 Å². The van der Waals surface area contributed by atoms with Crippen molar-refractivity contribution in [1.82, 2.24) is 4.98 Å². The largest absolute Gasteiger partial charge is 0.357 e. The van der Waals surface area contributed by atoms with Crippen molar-refractivity contribution < 1.29 is 0 Å². The number of nitrogens with zero attached hydrogens (tertiary/aromatic N) is 2. The van der Waals surface area contributed by atoms with Gasteiger partial charge in [0.05, 0.1) is 0 Å². The summed E-state index contributed by atoms with van der Waals surface area (Å²) in [5.74, 6) is 1.72. The molecule has 0 amide bonds. The van der Waals surface area contributed by atoms with Crippen LogP contribution in [0.1, 0.15) is 39.7 Å². The Bertz CT molecular complexity index is 332. The standard InChI is InChI=1S/C15H27N3/c1-5-14(16)9-13-7-8-15(17-10-13)18(6-2)11-12(3)4/h7-8,10,12,14H,5-6,9,11,16H2,1-4H3. The van der Waals surface area contributed by atoms with Crippen LogP contribution in [0.4, 0.5) is 5.82 Å². The number of aromatic nitrogens is 1. The van der Waals surface area contributed by atoms with E-state index in [1.807, 2.05) is 6.20 Å². The smallest absolute Gasteiger partial charge is 0.128 e. The van der Waals surface area contributed by atoms with Crippen molar-refractivity contribution in [3.8, 4) is 0 Å². The van der Waals surface area contributed by atoms with E-state index in [1.165, 1.54) is 5.56 Å². The average molecular weight is 249 g/mol. The predicted molar refractivity (Wildman–Crippen MR) is 78.9 cm³/mol. The summed E-state index contributed by atoms with van der Waals surface area (Å²) in [5, 5.41) is 0. The van der Waals surface area contributed by atoms with E-state index in [1.54, 1.807) is 0 Å². The van der Waals surface area contributed by atoms with Crippen LogP contribution in [0.25, 0.3) is 0 Å². The van der Waals surface area contributed by atoms with Crippen molar-refractivity contribution in [2.45, 2.75) is 46.6 Å². The first-order chi connectivity index (χ1) is 8.56. The molecule has 2 N–H and O–H groups in total. The van der Waals surface area contributed by atoms with E-state index < -0.39 is 0 Å². The second-order valence-corrected chi connectivity index (χ2v) is 5.33. The van der Waals surface area contributed by atoms with Gasteiger partial charge in [0.25, 0.3) is 0 Å². The van der Waals surface area contributed by atoms with Gasteiger partial charge in [-0.05, 0) is 37.3 Å². The van der Waals surface area contributed by atoms with Crippen molar-refractivity contribution in [1.29, 1.82) is 0 Å². The summed E-state index contributed by atoms with van der Waals surface area (Å²) in [6.07, 6.45) is 3.89. The van der Waals surface area contributed by atoms with Gasteiger partial charge >= 0.3 is 0 Å². The number of pyridine rings is 1. The fourth-order valence-corrected chi connectivity index (χ4v) is 2.00. The minimum absolute atomic E-state index is 0.246. The van der Waals surface area contributed by atoms with Gasteiger partial charge in [-0.2, -0.15) is 0 Å². The van der Waals surface area contributed by atoms with Gasteiger partial charge in [0.1, 0.15) is 5.82 Å². The van der Waals surface area contributed by atoms with Crippen LogP contribution < -0.4 is 10.6 Å². The fraction of sp³-hybridized carbons (Fsp3) is 0.667. The Morgan fingerprint density at radius 3 is 2.44 bits per heavy atom. The molecule has 0 saturated heterocycles. The van der Waals surface area contributed by atoms with Crippen LogP contribution in [0.2, 0.25) is 0 Å². The van der Waals surface area contributed by atoms with Gasteiger partial charge < -0.3 is 10.6 Å². The Hall–Kier alpha value is -1.09. The third-order valence-corrected chi connectivity index (χ3v) is 3.12. The minimum Gasteiger partial charge on any atom is -0.357 e. The lowest BCUT2D eigenvalue weighted by molar-refractivity contribution is 0.613. The first kappa shape index (κ1) is 15.0. The van der Waals surface area contributed by atoms with Crippen molar-refractivity contribution in [2.75, 3.05) is 18.0 Å². The number of hydrogen-bond donors (Lipinski definition) is 1. The van der Waals surface area contributed by atoms with Crippen molar-refractivity contribution in [3.05, 3.63) is 23.9 Å². The maximum absolute atomic E-state index is 5.96. The molecule has 0 fully saturated rings. The zero-order valence-electron chi connectivity index (χ0n) is 12.2. The molecular weight excluding hydrogens is 222 g/mol. The molecule has 0 bridgehead atoms. The van der Waals surface area contributed by atoms with Crippen LogP contribution in [0.3, 0.4) is 0 Å². The zero-order chi connectivity index (χ0) is 13.5. The summed E-state index contributed by atoms with van der Waals surface area (Å²) in [5.41, 5.74) is 7.19. The van der Waals surface area contributed by atoms with Gasteiger partial charge in [-0.1, -0.05) is 26.8 Å². The summed E-state index contributed by atoms with van der Waals surface area (Å²) in [4.78, 5) is 6.87. The topological polar surface area (TPSA) is 42.1 Å². The molecule has 0 spiro atoms. The summed E-state index contributed by atoms with van der Waals surface area (Å²) >= 11 is 0. The lowest BCUT2D eigenvalue weighted by atomic mass is 10.1. The molecule has 0 aromatic carbocycles. The first-order valence-electron chi connectivity index (χ1n) is 7.02. The highest BCUT2D eigenvalue weighted by atomic mass is 15.2. The maximum atomic E-state index is 5.96. The van der Waals surface area contributed by atoms with E-state index in [0.717, 1.165) is 31.7 Å². The van der Waals surface area contributed by atoms with Crippen LogP contribution >= 0.6 is 0 Å². The molecule has 1 aromatic heterocycles.